The maximum absolute atomic E-state index is 12.7. The van der Waals surface area contributed by atoms with Gasteiger partial charge in [-0.15, -0.1) is 0 Å². The van der Waals surface area contributed by atoms with Crippen LogP contribution in [0.25, 0.3) is 0 Å². The first-order chi connectivity index (χ1) is 12.1. The zero-order chi connectivity index (χ0) is 17.7. The lowest BCUT2D eigenvalue weighted by Gasteiger charge is -2.26. The number of fused-ring (bicyclic) bond motifs is 1. The van der Waals surface area contributed by atoms with E-state index in [9.17, 15) is 8.42 Å². The number of rotatable bonds is 7. The quantitative estimate of drug-likeness (QED) is 0.753. The minimum atomic E-state index is -3.55. The molecule has 0 saturated carbocycles. The third-order valence-corrected chi connectivity index (χ3v) is 6.06. The summed E-state index contributed by atoms with van der Waals surface area (Å²) in [4.78, 5) is 0.276. The summed E-state index contributed by atoms with van der Waals surface area (Å²) < 4.78 is 33.9. The lowest BCUT2D eigenvalue weighted by Crippen LogP contribution is -2.31. The summed E-state index contributed by atoms with van der Waals surface area (Å²) >= 11 is 0. The first-order valence-corrected chi connectivity index (χ1v) is 10.4. The molecule has 0 spiro atoms. The maximum atomic E-state index is 12.7. The molecule has 1 atom stereocenters. The van der Waals surface area contributed by atoms with Crippen LogP contribution in [0.15, 0.2) is 53.4 Å². The lowest BCUT2D eigenvalue weighted by atomic mass is 9.88. The number of hydrogen-bond acceptors (Lipinski definition) is 3. The second-order valence-electron chi connectivity index (χ2n) is 6.44. The standard InChI is InChI=1S/C20H25NO3S/c1-2-3-15-24-17-11-13-18(14-12-17)25(22,23)21-20-10-6-8-16-7-4-5-9-19(16)20/h4-5,7,9,11-14,20-21H,2-3,6,8,10,15H2,1H3. The molecule has 2 aromatic carbocycles. The summed E-state index contributed by atoms with van der Waals surface area (Å²) in [5.41, 5.74) is 2.33. The highest BCUT2D eigenvalue weighted by molar-refractivity contribution is 7.89. The van der Waals surface area contributed by atoms with Crippen LogP contribution in [0.1, 0.15) is 49.8 Å². The Labute approximate surface area is 150 Å². The van der Waals surface area contributed by atoms with Gasteiger partial charge in [-0.1, -0.05) is 37.6 Å². The maximum Gasteiger partial charge on any atom is 0.241 e. The molecule has 0 aromatic heterocycles. The molecule has 3 rings (SSSR count). The van der Waals surface area contributed by atoms with E-state index in [-0.39, 0.29) is 10.9 Å². The first kappa shape index (κ1) is 18.0. The number of hydrogen-bond donors (Lipinski definition) is 1. The average molecular weight is 359 g/mol. The van der Waals surface area contributed by atoms with Crippen LogP contribution < -0.4 is 9.46 Å². The zero-order valence-corrected chi connectivity index (χ0v) is 15.4. The molecule has 5 heteroatoms. The second kappa shape index (κ2) is 8.02. The van der Waals surface area contributed by atoms with Crippen molar-refractivity contribution in [3.8, 4) is 5.75 Å². The van der Waals surface area contributed by atoms with Gasteiger partial charge in [0.05, 0.1) is 11.5 Å². The zero-order valence-electron chi connectivity index (χ0n) is 14.6. The third-order valence-electron chi connectivity index (χ3n) is 4.57. The lowest BCUT2D eigenvalue weighted by molar-refractivity contribution is 0.309. The number of sulfonamides is 1. The number of nitrogens with one attached hydrogen (secondary N) is 1. The van der Waals surface area contributed by atoms with Gasteiger partial charge >= 0.3 is 0 Å². The molecule has 0 saturated heterocycles. The topological polar surface area (TPSA) is 55.4 Å². The summed E-state index contributed by atoms with van der Waals surface area (Å²) in [5, 5.41) is 0. The van der Waals surface area contributed by atoms with Crippen molar-refractivity contribution in [3.05, 3.63) is 59.7 Å². The largest absolute Gasteiger partial charge is 0.494 e. The number of unbranched alkanes of at least 4 members (excludes halogenated alkanes) is 1. The monoisotopic (exact) mass is 359 g/mol. The normalized spacial score (nSPS) is 17.1. The molecule has 2 aromatic rings. The Morgan fingerprint density at radius 2 is 1.88 bits per heavy atom. The molecule has 1 unspecified atom stereocenters. The summed E-state index contributed by atoms with van der Waals surface area (Å²) in [6.45, 7) is 2.76. The molecule has 134 valence electrons. The van der Waals surface area contributed by atoms with E-state index in [0.29, 0.717) is 12.4 Å². The summed E-state index contributed by atoms with van der Waals surface area (Å²) in [5.74, 6) is 0.704. The fraction of sp³-hybridized carbons (Fsp3) is 0.400. The number of ether oxygens (including phenoxy) is 1. The highest BCUT2D eigenvalue weighted by atomic mass is 32.2. The molecule has 4 nitrogen and oxygen atoms in total. The van der Waals surface area contributed by atoms with E-state index in [1.54, 1.807) is 24.3 Å². The Morgan fingerprint density at radius 3 is 2.64 bits per heavy atom. The third kappa shape index (κ3) is 4.41. The first-order valence-electron chi connectivity index (χ1n) is 8.93. The summed E-state index contributed by atoms with van der Waals surface area (Å²) in [7, 11) is -3.55. The predicted molar refractivity (Wildman–Crippen MR) is 99.3 cm³/mol. The Kier molecular flexibility index (Phi) is 5.76. The number of aryl methyl sites for hydroxylation is 1. The molecule has 1 aliphatic carbocycles. The van der Waals surface area contributed by atoms with Crippen molar-refractivity contribution in [2.45, 2.75) is 50.0 Å². The van der Waals surface area contributed by atoms with Crippen LogP contribution in [0.3, 0.4) is 0 Å². The van der Waals surface area contributed by atoms with Crippen molar-refractivity contribution < 1.29 is 13.2 Å². The Bertz CT molecular complexity index is 800. The minimum Gasteiger partial charge on any atom is -0.494 e. The SMILES string of the molecule is CCCCOc1ccc(S(=O)(=O)NC2CCCc3ccccc32)cc1. The van der Waals surface area contributed by atoms with Crippen LogP contribution in [0, 0.1) is 0 Å². The van der Waals surface area contributed by atoms with Gasteiger partial charge in [-0.25, -0.2) is 13.1 Å². The molecule has 0 heterocycles. The molecule has 0 amide bonds. The van der Waals surface area contributed by atoms with E-state index < -0.39 is 10.0 Å². The van der Waals surface area contributed by atoms with Crippen molar-refractivity contribution >= 4 is 10.0 Å². The van der Waals surface area contributed by atoms with E-state index in [1.807, 2.05) is 18.2 Å². The molecule has 25 heavy (non-hydrogen) atoms. The van der Waals surface area contributed by atoms with Gasteiger partial charge < -0.3 is 4.74 Å². The fourth-order valence-corrected chi connectivity index (χ4v) is 4.43. The van der Waals surface area contributed by atoms with Crippen molar-refractivity contribution in [3.63, 3.8) is 0 Å². The molecule has 0 bridgehead atoms. The van der Waals surface area contributed by atoms with Crippen molar-refractivity contribution in [1.82, 2.24) is 4.72 Å². The molecule has 1 aliphatic rings. The van der Waals surface area contributed by atoms with Crippen molar-refractivity contribution in [2.75, 3.05) is 6.61 Å². The van der Waals surface area contributed by atoms with Gasteiger partial charge in [0.1, 0.15) is 5.75 Å². The van der Waals surface area contributed by atoms with Gasteiger partial charge in [-0.05, 0) is 61.1 Å². The molecule has 0 fully saturated rings. The van der Waals surface area contributed by atoms with Gasteiger partial charge in [0.2, 0.25) is 10.0 Å². The van der Waals surface area contributed by atoms with E-state index in [4.69, 9.17) is 4.74 Å². The van der Waals surface area contributed by atoms with Gasteiger partial charge in [-0.2, -0.15) is 0 Å². The van der Waals surface area contributed by atoms with Gasteiger partial charge in [0, 0.05) is 6.04 Å². The average Bonchev–Trinajstić information content (AvgIpc) is 2.62. The highest BCUT2D eigenvalue weighted by Crippen LogP contribution is 2.31. The summed E-state index contributed by atoms with van der Waals surface area (Å²) in [6, 6.07) is 14.6. The molecular weight excluding hydrogens is 334 g/mol. The van der Waals surface area contributed by atoms with Crippen LogP contribution in [-0.2, 0) is 16.4 Å². The summed E-state index contributed by atoms with van der Waals surface area (Å²) in [6.07, 6.45) is 4.89. The minimum absolute atomic E-state index is 0.157. The van der Waals surface area contributed by atoms with Crippen LogP contribution in [0.5, 0.6) is 5.75 Å². The van der Waals surface area contributed by atoms with Gasteiger partial charge in [0.25, 0.3) is 0 Å². The van der Waals surface area contributed by atoms with Gasteiger partial charge in [0.15, 0.2) is 0 Å². The predicted octanol–water partition coefficient (Wildman–Crippen LogP) is 4.22. The van der Waals surface area contributed by atoms with Crippen molar-refractivity contribution in [1.29, 1.82) is 0 Å². The van der Waals surface area contributed by atoms with Crippen molar-refractivity contribution in [2.24, 2.45) is 0 Å². The van der Waals surface area contributed by atoms with E-state index in [0.717, 1.165) is 37.7 Å². The Balaban J connectivity index is 1.72. The second-order valence-corrected chi connectivity index (χ2v) is 8.15. The smallest absolute Gasteiger partial charge is 0.241 e. The molecule has 0 radical (unpaired) electrons. The molecular formula is C20H25NO3S. The molecule has 0 aliphatic heterocycles. The Hall–Kier alpha value is -1.85. The van der Waals surface area contributed by atoms with E-state index in [1.165, 1.54) is 5.56 Å². The van der Waals surface area contributed by atoms with Crippen LogP contribution in [0.2, 0.25) is 0 Å². The van der Waals surface area contributed by atoms with Gasteiger partial charge in [-0.3, -0.25) is 0 Å². The highest BCUT2D eigenvalue weighted by Gasteiger charge is 2.25. The van der Waals surface area contributed by atoms with E-state index >= 15 is 0 Å². The molecule has 1 N–H and O–H groups in total. The van der Waals surface area contributed by atoms with Crippen LogP contribution in [0.4, 0.5) is 0 Å². The Morgan fingerprint density at radius 1 is 1.12 bits per heavy atom. The van der Waals surface area contributed by atoms with E-state index in [2.05, 4.69) is 17.7 Å². The van der Waals surface area contributed by atoms with Crippen LogP contribution in [-0.4, -0.2) is 15.0 Å². The number of benzene rings is 2. The fourth-order valence-electron chi connectivity index (χ4n) is 3.18. The van der Waals surface area contributed by atoms with Crippen LogP contribution >= 0.6 is 0 Å².